The van der Waals surface area contributed by atoms with Gasteiger partial charge in [-0.15, -0.1) is 0 Å². The number of amides is 2. The molecule has 9 heteroatoms. The van der Waals surface area contributed by atoms with E-state index < -0.39 is 15.9 Å². The molecule has 0 aromatic heterocycles. The number of likely N-dealkylation sites (N-methyl/N-ethyl adjacent to an activating group) is 1. The minimum absolute atomic E-state index is 0.00000653. The molecule has 0 bridgehead atoms. The lowest BCUT2D eigenvalue weighted by Crippen LogP contribution is -2.35. The molecule has 0 spiro atoms. The highest BCUT2D eigenvalue weighted by Crippen LogP contribution is 2.26. The first-order valence-electron chi connectivity index (χ1n) is 9.65. The molecule has 28 heavy (non-hydrogen) atoms. The highest BCUT2D eigenvalue weighted by atomic mass is 32.2. The molecule has 2 amide bonds. The zero-order valence-corrected chi connectivity index (χ0v) is 17.3. The number of carbonyl (C=O) groups is 2. The monoisotopic (exact) mass is 411 g/mol. The van der Waals surface area contributed by atoms with Gasteiger partial charge in [-0.2, -0.15) is 4.31 Å². The molecule has 1 heterocycles. The van der Waals surface area contributed by atoms with Crippen molar-refractivity contribution in [3.05, 3.63) is 23.8 Å². The van der Waals surface area contributed by atoms with E-state index in [9.17, 15) is 18.0 Å². The van der Waals surface area contributed by atoms with E-state index in [0.717, 1.165) is 25.7 Å². The first kappa shape index (κ1) is 22.2. The number of nitrogens with zero attached hydrogens (tertiary/aromatic N) is 2. The van der Waals surface area contributed by atoms with Crippen LogP contribution in [0.1, 0.15) is 49.9 Å². The Morgan fingerprint density at radius 1 is 1.21 bits per heavy atom. The molecule has 1 aromatic rings. The average Bonchev–Trinajstić information content (AvgIpc) is 3.22. The molecule has 1 aliphatic rings. The molecule has 0 atom stereocenters. The maximum atomic E-state index is 12.7. The number of primary amides is 1. The van der Waals surface area contributed by atoms with E-state index in [1.807, 2.05) is 13.8 Å². The van der Waals surface area contributed by atoms with Gasteiger partial charge < -0.3 is 15.4 Å². The third-order valence-electron chi connectivity index (χ3n) is 4.79. The zero-order valence-electron chi connectivity index (χ0n) is 16.5. The van der Waals surface area contributed by atoms with Crippen LogP contribution in [0, 0.1) is 0 Å². The Hall–Kier alpha value is -2.13. The first-order valence-corrected chi connectivity index (χ1v) is 11.1. The lowest BCUT2D eigenvalue weighted by molar-refractivity contribution is -0.133. The van der Waals surface area contributed by atoms with Crippen molar-refractivity contribution in [3.8, 4) is 5.75 Å². The molecule has 8 nitrogen and oxygen atoms in total. The molecular formula is C19H29N3O5S. The van der Waals surface area contributed by atoms with Gasteiger partial charge in [0.25, 0.3) is 11.8 Å². The van der Waals surface area contributed by atoms with Crippen molar-refractivity contribution in [2.24, 2.45) is 5.73 Å². The standard InChI is InChI=1S/C19H29N3O5S/c1-3-5-10-21(4-2)18(23)14-27-17-9-8-15(13-16(17)19(20)24)28(25,26)22-11-6-7-12-22/h8-9,13H,3-7,10-12,14H2,1-2H3,(H2,20,24). The van der Waals surface area contributed by atoms with Crippen molar-refractivity contribution >= 4 is 21.8 Å². The Balaban J connectivity index is 2.17. The predicted molar refractivity (Wildman–Crippen MR) is 106 cm³/mol. The summed E-state index contributed by atoms with van der Waals surface area (Å²) >= 11 is 0. The van der Waals surface area contributed by atoms with E-state index in [1.165, 1.54) is 22.5 Å². The average molecular weight is 412 g/mol. The summed E-state index contributed by atoms with van der Waals surface area (Å²) in [6.07, 6.45) is 3.51. The molecule has 1 fully saturated rings. The minimum atomic E-state index is -3.68. The smallest absolute Gasteiger partial charge is 0.260 e. The molecule has 2 N–H and O–H groups in total. The lowest BCUT2D eigenvalue weighted by Gasteiger charge is -2.21. The maximum absolute atomic E-state index is 12.7. The SMILES string of the molecule is CCCCN(CC)C(=O)COc1ccc(S(=O)(=O)N2CCCC2)cc1C(N)=O. The topological polar surface area (TPSA) is 110 Å². The highest BCUT2D eigenvalue weighted by molar-refractivity contribution is 7.89. The maximum Gasteiger partial charge on any atom is 0.260 e. The molecule has 1 aliphatic heterocycles. The van der Waals surface area contributed by atoms with Crippen LogP contribution in [0.2, 0.25) is 0 Å². The first-order chi connectivity index (χ1) is 13.3. The van der Waals surface area contributed by atoms with E-state index in [4.69, 9.17) is 10.5 Å². The van der Waals surface area contributed by atoms with Crippen molar-refractivity contribution in [3.63, 3.8) is 0 Å². The molecule has 156 valence electrons. The fourth-order valence-electron chi connectivity index (χ4n) is 3.10. The molecule has 0 radical (unpaired) electrons. The summed E-state index contributed by atoms with van der Waals surface area (Å²) in [6, 6.07) is 4.00. The summed E-state index contributed by atoms with van der Waals surface area (Å²) in [5, 5.41) is 0. The number of hydrogen-bond acceptors (Lipinski definition) is 5. The Kier molecular flexibility index (Phi) is 7.82. The molecule has 1 aromatic carbocycles. The summed E-state index contributed by atoms with van der Waals surface area (Å²) in [4.78, 5) is 25.8. The Labute approximate surface area is 166 Å². The molecule has 0 saturated carbocycles. The number of benzene rings is 1. The summed E-state index contributed by atoms with van der Waals surface area (Å²) < 4.78 is 32.3. The van der Waals surface area contributed by atoms with Gasteiger partial charge in [0, 0.05) is 26.2 Å². The number of hydrogen-bond donors (Lipinski definition) is 1. The van der Waals surface area contributed by atoms with Gasteiger partial charge in [0.15, 0.2) is 6.61 Å². The molecular weight excluding hydrogens is 382 g/mol. The molecule has 1 saturated heterocycles. The van der Waals surface area contributed by atoms with Crippen LogP contribution >= 0.6 is 0 Å². The van der Waals surface area contributed by atoms with Crippen LogP contribution in [-0.4, -0.2) is 62.2 Å². The summed E-state index contributed by atoms with van der Waals surface area (Å²) in [6.45, 7) is 5.84. The third kappa shape index (κ3) is 5.23. The van der Waals surface area contributed by atoms with E-state index in [1.54, 1.807) is 4.90 Å². The van der Waals surface area contributed by atoms with Crippen molar-refractivity contribution in [1.82, 2.24) is 9.21 Å². The fraction of sp³-hybridized carbons (Fsp3) is 0.579. The Bertz CT molecular complexity index is 804. The number of unbranched alkanes of at least 4 members (excludes halogenated alkanes) is 1. The summed E-state index contributed by atoms with van der Waals surface area (Å²) in [5.74, 6) is -0.896. The Morgan fingerprint density at radius 2 is 1.89 bits per heavy atom. The second kappa shape index (κ2) is 9.88. The second-order valence-corrected chi connectivity index (χ2v) is 8.69. The van der Waals surface area contributed by atoms with Crippen LogP contribution in [0.3, 0.4) is 0 Å². The van der Waals surface area contributed by atoms with Crippen molar-refractivity contribution in [2.45, 2.75) is 44.4 Å². The van der Waals surface area contributed by atoms with Gasteiger partial charge in [-0.1, -0.05) is 13.3 Å². The lowest BCUT2D eigenvalue weighted by atomic mass is 10.2. The largest absolute Gasteiger partial charge is 0.483 e. The Morgan fingerprint density at radius 3 is 2.46 bits per heavy atom. The number of ether oxygens (including phenoxy) is 1. The number of carbonyl (C=O) groups excluding carboxylic acids is 2. The molecule has 2 rings (SSSR count). The number of rotatable bonds is 10. The summed E-state index contributed by atoms with van der Waals surface area (Å²) in [5.41, 5.74) is 5.36. The molecule has 0 unspecified atom stereocenters. The zero-order chi connectivity index (χ0) is 20.7. The van der Waals surface area contributed by atoms with Crippen molar-refractivity contribution in [1.29, 1.82) is 0 Å². The van der Waals surface area contributed by atoms with Gasteiger partial charge in [-0.25, -0.2) is 8.42 Å². The second-order valence-electron chi connectivity index (χ2n) is 6.75. The van der Waals surface area contributed by atoms with Gasteiger partial charge in [0.2, 0.25) is 10.0 Å². The summed E-state index contributed by atoms with van der Waals surface area (Å²) in [7, 11) is -3.68. The van der Waals surface area contributed by atoms with Crippen LogP contribution in [-0.2, 0) is 14.8 Å². The normalized spacial score (nSPS) is 14.8. The van der Waals surface area contributed by atoms with Gasteiger partial charge in [0.1, 0.15) is 5.75 Å². The fourth-order valence-corrected chi connectivity index (χ4v) is 4.65. The number of sulfonamides is 1. The van der Waals surface area contributed by atoms with Crippen molar-refractivity contribution in [2.75, 3.05) is 32.8 Å². The molecule has 0 aliphatic carbocycles. The quantitative estimate of drug-likeness (QED) is 0.629. The van der Waals surface area contributed by atoms with Crippen LogP contribution in [0.4, 0.5) is 0 Å². The van der Waals surface area contributed by atoms with Crippen LogP contribution < -0.4 is 10.5 Å². The van der Waals surface area contributed by atoms with Crippen molar-refractivity contribution < 1.29 is 22.7 Å². The van der Waals surface area contributed by atoms with Crippen LogP contribution in [0.5, 0.6) is 5.75 Å². The number of nitrogens with two attached hydrogens (primary N) is 1. The third-order valence-corrected chi connectivity index (χ3v) is 6.68. The highest BCUT2D eigenvalue weighted by Gasteiger charge is 2.28. The van der Waals surface area contributed by atoms with Gasteiger partial charge in [0.05, 0.1) is 10.5 Å². The van der Waals surface area contributed by atoms with E-state index in [2.05, 4.69) is 0 Å². The van der Waals surface area contributed by atoms with Crippen LogP contribution in [0.25, 0.3) is 0 Å². The van der Waals surface area contributed by atoms with Gasteiger partial charge >= 0.3 is 0 Å². The van der Waals surface area contributed by atoms with Gasteiger partial charge in [-0.05, 0) is 44.4 Å². The van der Waals surface area contributed by atoms with E-state index >= 15 is 0 Å². The van der Waals surface area contributed by atoms with E-state index in [-0.39, 0.29) is 28.7 Å². The van der Waals surface area contributed by atoms with Crippen LogP contribution in [0.15, 0.2) is 23.1 Å². The minimum Gasteiger partial charge on any atom is -0.483 e. The van der Waals surface area contributed by atoms with Gasteiger partial charge in [-0.3, -0.25) is 9.59 Å². The predicted octanol–water partition coefficient (Wildman–Crippen LogP) is 1.60. The van der Waals surface area contributed by atoms with E-state index in [0.29, 0.717) is 26.2 Å².